The zero-order valence-electron chi connectivity index (χ0n) is 12.0. The molecule has 2 aromatic rings. The Morgan fingerprint density at radius 1 is 1.32 bits per heavy atom. The number of hydrogen-bond acceptors (Lipinski definition) is 4. The third-order valence-corrected chi connectivity index (χ3v) is 4.37. The van der Waals surface area contributed by atoms with Crippen molar-refractivity contribution in [1.29, 1.82) is 0 Å². The maximum atomic E-state index is 4.79. The Labute approximate surface area is 119 Å². The molecule has 4 heteroatoms. The SMILES string of the molecule is CCNC(c1nc(CC)c(C)s1)c1cnccc1C. The van der Waals surface area contributed by atoms with Crippen molar-refractivity contribution in [1.82, 2.24) is 15.3 Å². The number of aryl methyl sites for hydroxylation is 3. The number of nitrogens with one attached hydrogen (secondary N) is 1. The minimum atomic E-state index is 0.155. The minimum Gasteiger partial charge on any atom is -0.304 e. The maximum Gasteiger partial charge on any atom is 0.115 e. The molecule has 0 radical (unpaired) electrons. The second-order valence-electron chi connectivity index (χ2n) is 4.63. The van der Waals surface area contributed by atoms with Crippen LogP contribution in [0.3, 0.4) is 0 Å². The van der Waals surface area contributed by atoms with Gasteiger partial charge in [0.05, 0.1) is 11.7 Å². The van der Waals surface area contributed by atoms with Crippen LogP contribution in [-0.2, 0) is 6.42 Å². The van der Waals surface area contributed by atoms with Gasteiger partial charge in [0.15, 0.2) is 0 Å². The van der Waals surface area contributed by atoms with Crippen molar-refractivity contribution < 1.29 is 0 Å². The van der Waals surface area contributed by atoms with Gasteiger partial charge in [-0.2, -0.15) is 0 Å². The summed E-state index contributed by atoms with van der Waals surface area (Å²) in [7, 11) is 0. The first-order valence-corrected chi connectivity index (χ1v) is 7.59. The predicted octanol–water partition coefficient (Wildman–Crippen LogP) is 3.42. The molecule has 2 heterocycles. The van der Waals surface area contributed by atoms with Gasteiger partial charge in [-0.05, 0) is 44.0 Å². The molecule has 0 saturated heterocycles. The van der Waals surface area contributed by atoms with Crippen LogP contribution in [0, 0.1) is 13.8 Å². The van der Waals surface area contributed by atoms with Crippen LogP contribution in [0.25, 0.3) is 0 Å². The Hall–Kier alpha value is -1.26. The van der Waals surface area contributed by atoms with E-state index >= 15 is 0 Å². The molecule has 2 rings (SSSR count). The van der Waals surface area contributed by atoms with Crippen LogP contribution >= 0.6 is 11.3 Å². The topological polar surface area (TPSA) is 37.8 Å². The van der Waals surface area contributed by atoms with Gasteiger partial charge in [-0.3, -0.25) is 4.98 Å². The van der Waals surface area contributed by atoms with Gasteiger partial charge >= 0.3 is 0 Å². The molecule has 19 heavy (non-hydrogen) atoms. The first-order valence-electron chi connectivity index (χ1n) is 6.77. The molecule has 1 N–H and O–H groups in total. The van der Waals surface area contributed by atoms with Crippen LogP contribution in [-0.4, -0.2) is 16.5 Å². The second-order valence-corrected chi connectivity index (χ2v) is 5.87. The van der Waals surface area contributed by atoms with Crippen LogP contribution < -0.4 is 5.32 Å². The third-order valence-electron chi connectivity index (χ3n) is 3.29. The second kappa shape index (κ2) is 6.26. The predicted molar refractivity (Wildman–Crippen MR) is 80.7 cm³/mol. The highest BCUT2D eigenvalue weighted by atomic mass is 32.1. The summed E-state index contributed by atoms with van der Waals surface area (Å²) in [5.41, 5.74) is 3.69. The number of nitrogens with zero attached hydrogens (tertiary/aromatic N) is 2. The highest BCUT2D eigenvalue weighted by Crippen LogP contribution is 2.29. The Morgan fingerprint density at radius 3 is 2.68 bits per heavy atom. The van der Waals surface area contributed by atoms with Crippen molar-refractivity contribution in [3.8, 4) is 0 Å². The number of thiazole rings is 1. The van der Waals surface area contributed by atoms with Crippen LogP contribution in [0.5, 0.6) is 0 Å². The molecule has 0 aromatic carbocycles. The average molecular weight is 275 g/mol. The molecule has 0 aliphatic heterocycles. The molecule has 2 aromatic heterocycles. The van der Waals surface area contributed by atoms with Gasteiger partial charge in [-0.25, -0.2) is 4.98 Å². The van der Waals surface area contributed by atoms with Crippen molar-refractivity contribution in [2.45, 2.75) is 40.2 Å². The van der Waals surface area contributed by atoms with Gasteiger partial charge in [0.2, 0.25) is 0 Å². The largest absolute Gasteiger partial charge is 0.304 e. The summed E-state index contributed by atoms with van der Waals surface area (Å²) in [4.78, 5) is 10.4. The number of pyridine rings is 1. The van der Waals surface area contributed by atoms with Gasteiger partial charge in [0, 0.05) is 17.3 Å². The zero-order valence-corrected chi connectivity index (χ0v) is 12.8. The fourth-order valence-electron chi connectivity index (χ4n) is 2.21. The van der Waals surface area contributed by atoms with Crippen molar-refractivity contribution in [3.05, 3.63) is 45.2 Å². The van der Waals surface area contributed by atoms with E-state index in [1.807, 2.05) is 12.4 Å². The Balaban J connectivity index is 2.42. The van der Waals surface area contributed by atoms with Crippen LogP contribution in [0.4, 0.5) is 0 Å². The lowest BCUT2D eigenvalue weighted by molar-refractivity contribution is 0.620. The molecule has 0 bridgehead atoms. The van der Waals surface area contributed by atoms with E-state index in [0.717, 1.165) is 18.0 Å². The van der Waals surface area contributed by atoms with Crippen LogP contribution in [0.2, 0.25) is 0 Å². The van der Waals surface area contributed by atoms with E-state index in [-0.39, 0.29) is 6.04 Å². The summed E-state index contributed by atoms with van der Waals surface area (Å²) in [5.74, 6) is 0. The lowest BCUT2D eigenvalue weighted by Crippen LogP contribution is -2.22. The van der Waals surface area contributed by atoms with E-state index in [1.165, 1.54) is 21.7 Å². The average Bonchev–Trinajstić information content (AvgIpc) is 2.78. The molecule has 3 nitrogen and oxygen atoms in total. The monoisotopic (exact) mass is 275 g/mol. The first-order chi connectivity index (χ1) is 9.17. The molecule has 1 atom stereocenters. The lowest BCUT2D eigenvalue weighted by atomic mass is 10.0. The van der Waals surface area contributed by atoms with E-state index in [1.54, 1.807) is 11.3 Å². The van der Waals surface area contributed by atoms with Crippen molar-refractivity contribution in [2.75, 3.05) is 6.54 Å². The summed E-state index contributed by atoms with van der Waals surface area (Å²) >= 11 is 1.79. The number of hydrogen-bond donors (Lipinski definition) is 1. The zero-order chi connectivity index (χ0) is 13.8. The fraction of sp³-hybridized carbons (Fsp3) is 0.467. The summed E-state index contributed by atoms with van der Waals surface area (Å²) in [6, 6.07) is 2.21. The molecular weight excluding hydrogens is 254 g/mol. The van der Waals surface area contributed by atoms with Crippen molar-refractivity contribution in [3.63, 3.8) is 0 Å². The van der Waals surface area contributed by atoms with Gasteiger partial charge in [0.25, 0.3) is 0 Å². The van der Waals surface area contributed by atoms with Gasteiger partial charge in [0.1, 0.15) is 5.01 Å². The number of rotatable bonds is 5. The smallest absolute Gasteiger partial charge is 0.115 e. The Bertz CT molecular complexity index is 548. The molecule has 0 aliphatic rings. The molecule has 1 unspecified atom stereocenters. The van der Waals surface area contributed by atoms with Crippen LogP contribution in [0.15, 0.2) is 18.5 Å². The van der Waals surface area contributed by atoms with Gasteiger partial charge < -0.3 is 5.32 Å². The van der Waals surface area contributed by atoms with E-state index in [0.29, 0.717) is 0 Å². The van der Waals surface area contributed by atoms with Crippen molar-refractivity contribution >= 4 is 11.3 Å². The fourth-order valence-corrected chi connectivity index (χ4v) is 3.32. The normalized spacial score (nSPS) is 12.6. The summed E-state index contributed by atoms with van der Waals surface area (Å²) in [6.45, 7) is 9.48. The highest BCUT2D eigenvalue weighted by molar-refractivity contribution is 7.11. The molecule has 102 valence electrons. The molecular formula is C15H21N3S. The first kappa shape index (κ1) is 14.2. The maximum absolute atomic E-state index is 4.79. The van der Waals surface area contributed by atoms with E-state index in [2.05, 4.69) is 44.1 Å². The highest BCUT2D eigenvalue weighted by Gasteiger charge is 2.20. The molecule has 0 aliphatic carbocycles. The minimum absolute atomic E-state index is 0.155. The van der Waals surface area contributed by atoms with E-state index in [9.17, 15) is 0 Å². The Kier molecular flexibility index (Phi) is 4.66. The molecule has 0 spiro atoms. The van der Waals surface area contributed by atoms with Gasteiger partial charge in [-0.15, -0.1) is 11.3 Å². The Morgan fingerprint density at radius 2 is 2.11 bits per heavy atom. The molecule has 0 amide bonds. The summed E-state index contributed by atoms with van der Waals surface area (Å²) in [5, 5.41) is 4.67. The van der Waals surface area contributed by atoms with Crippen molar-refractivity contribution in [2.24, 2.45) is 0 Å². The lowest BCUT2D eigenvalue weighted by Gasteiger charge is -2.17. The summed E-state index contributed by atoms with van der Waals surface area (Å²) in [6.07, 6.45) is 4.78. The van der Waals surface area contributed by atoms with Gasteiger partial charge in [-0.1, -0.05) is 13.8 Å². The summed E-state index contributed by atoms with van der Waals surface area (Å²) < 4.78 is 0. The quantitative estimate of drug-likeness (QED) is 0.908. The molecule has 0 saturated carbocycles. The standard InChI is InChI=1S/C15H21N3S/c1-5-13-11(4)19-15(18-13)14(17-6-2)12-9-16-8-7-10(12)3/h7-9,14,17H,5-6H2,1-4H3. The van der Waals surface area contributed by atoms with E-state index < -0.39 is 0 Å². The van der Waals surface area contributed by atoms with E-state index in [4.69, 9.17) is 4.98 Å². The molecule has 0 fully saturated rings. The third kappa shape index (κ3) is 3.01. The number of aromatic nitrogens is 2. The van der Waals surface area contributed by atoms with Crippen LogP contribution in [0.1, 0.15) is 46.6 Å².